The van der Waals surface area contributed by atoms with Crippen molar-refractivity contribution in [1.29, 1.82) is 0 Å². The maximum absolute atomic E-state index is 12.4. The Labute approximate surface area is 116 Å². The first kappa shape index (κ1) is 14.4. The Bertz CT molecular complexity index is 536. The first-order chi connectivity index (χ1) is 7.38. The van der Waals surface area contributed by atoms with E-state index in [4.69, 9.17) is 5.73 Å². The average molecular weight is 377 g/mol. The second-order valence-electron chi connectivity index (χ2n) is 3.45. The Morgan fingerprint density at radius 3 is 2.53 bits per heavy atom. The lowest BCUT2D eigenvalue weighted by molar-refractivity contribution is -0.140. The molecule has 2 aromatic rings. The molecule has 1 aromatic heterocycles. The van der Waals surface area contributed by atoms with E-state index in [2.05, 4.69) is 0 Å². The van der Waals surface area contributed by atoms with Crippen molar-refractivity contribution in [2.75, 3.05) is 5.73 Å². The Morgan fingerprint density at radius 2 is 1.94 bits per heavy atom. The maximum atomic E-state index is 12.4. The smallest absolute Gasteiger partial charge is 0.398 e. The van der Waals surface area contributed by atoms with Gasteiger partial charge in [-0.25, -0.2) is 0 Å². The molecule has 0 unspecified atom stereocenters. The van der Waals surface area contributed by atoms with Crippen LogP contribution in [0.15, 0.2) is 24.3 Å². The number of nitrogens with two attached hydrogens (primary N) is 1. The Morgan fingerprint density at radius 1 is 1.29 bits per heavy atom. The third-order valence-electron chi connectivity index (χ3n) is 2.27. The van der Waals surface area contributed by atoms with Crippen molar-refractivity contribution in [3.63, 3.8) is 0 Å². The van der Waals surface area contributed by atoms with E-state index < -0.39 is 12.7 Å². The molecular weight excluding hydrogens is 367 g/mol. The summed E-state index contributed by atoms with van der Waals surface area (Å²) in [6, 6.07) is 6.63. The standard InChI is InChI=1S/C10H8F3IN2.ClH/c11-10(12,13)5-16-8-3-1-2-7(15)6(8)4-9(16)14;/h1-4H,5,15H2;1H. The number of anilines is 1. The summed E-state index contributed by atoms with van der Waals surface area (Å²) in [5, 5.41) is 0.663. The number of fused-ring (bicyclic) bond motifs is 1. The summed E-state index contributed by atoms with van der Waals surface area (Å²) in [5.41, 5.74) is 6.72. The van der Waals surface area contributed by atoms with Gasteiger partial charge in [0.2, 0.25) is 0 Å². The van der Waals surface area contributed by atoms with Crippen molar-refractivity contribution in [3.05, 3.63) is 28.0 Å². The van der Waals surface area contributed by atoms with Crippen molar-refractivity contribution < 1.29 is 13.2 Å². The van der Waals surface area contributed by atoms with Gasteiger partial charge in [-0.3, -0.25) is 0 Å². The largest absolute Gasteiger partial charge is 0.406 e. The van der Waals surface area contributed by atoms with E-state index in [0.29, 0.717) is 20.3 Å². The second kappa shape index (κ2) is 4.93. The van der Waals surface area contributed by atoms with Gasteiger partial charge in [-0.2, -0.15) is 13.2 Å². The van der Waals surface area contributed by atoms with Gasteiger partial charge in [0.15, 0.2) is 0 Å². The fraction of sp³-hybridized carbons (Fsp3) is 0.200. The molecular formula is C10H9ClF3IN2. The number of halogens is 5. The number of hydrogen-bond donors (Lipinski definition) is 1. The SMILES string of the molecule is Cl.Nc1cccc2c1cc(I)n2CC(F)(F)F. The highest BCUT2D eigenvalue weighted by molar-refractivity contribution is 14.1. The van der Waals surface area contributed by atoms with E-state index in [1.165, 1.54) is 4.57 Å². The molecule has 2 N–H and O–H groups in total. The molecule has 94 valence electrons. The molecule has 0 radical (unpaired) electrons. The molecule has 2 nitrogen and oxygen atoms in total. The lowest BCUT2D eigenvalue weighted by Gasteiger charge is -2.10. The number of alkyl halides is 3. The van der Waals surface area contributed by atoms with Crippen molar-refractivity contribution in [2.24, 2.45) is 0 Å². The quantitative estimate of drug-likeness (QED) is 0.595. The van der Waals surface area contributed by atoms with Crippen LogP contribution < -0.4 is 5.73 Å². The predicted molar refractivity (Wildman–Crippen MR) is 72.4 cm³/mol. The summed E-state index contributed by atoms with van der Waals surface area (Å²) < 4.78 is 38.9. The van der Waals surface area contributed by atoms with Crippen molar-refractivity contribution >= 4 is 51.6 Å². The van der Waals surface area contributed by atoms with Crippen LogP contribution in [-0.4, -0.2) is 10.7 Å². The van der Waals surface area contributed by atoms with Crippen LogP contribution in [0, 0.1) is 3.70 Å². The van der Waals surface area contributed by atoms with Gasteiger partial charge in [-0.15, -0.1) is 12.4 Å². The molecule has 7 heteroatoms. The molecule has 1 aromatic carbocycles. The molecule has 0 fully saturated rings. The van der Waals surface area contributed by atoms with E-state index in [9.17, 15) is 13.2 Å². The highest BCUT2D eigenvalue weighted by Crippen LogP contribution is 2.29. The van der Waals surface area contributed by atoms with Crippen LogP contribution in [0.4, 0.5) is 18.9 Å². The summed E-state index contributed by atoms with van der Waals surface area (Å²) in [6.45, 7) is -0.988. The van der Waals surface area contributed by atoms with Crippen LogP contribution in [0.5, 0.6) is 0 Å². The number of aromatic nitrogens is 1. The highest BCUT2D eigenvalue weighted by Gasteiger charge is 2.29. The summed E-state index contributed by atoms with van der Waals surface area (Å²) in [4.78, 5) is 0. The van der Waals surface area contributed by atoms with Crippen LogP contribution >= 0.6 is 35.0 Å². The zero-order valence-corrected chi connectivity index (χ0v) is 11.4. The lowest BCUT2D eigenvalue weighted by atomic mass is 10.2. The molecule has 0 spiro atoms. The number of hydrogen-bond acceptors (Lipinski definition) is 1. The second-order valence-corrected chi connectivity index (χ2v) is 4.55. The zero-order valence-electron chi connectivity index (χ0n) is 8.46. The minimum absolute atomic E-state index is 0. The first-order valence-corrected chi connectivity index (χ1v) is 5.56. The third-order valence-corrected chi connectivity index (χ3v) is 3.16. The highest BCUT2D eigenvalue weighted by atomic mass is 127. The summed E-state index contributed by atoms with van der Waals surface area (Å²) in [7, 11) is 0. The fourth-order valence-electron chi connectivity index (χ4n) is 1.62. The third kappa shape index (κ3) is 2.98. The first-order valence-electron chi connectivity index (χ1n) is 4.48. The van der Waals surface area contributed by atoms with E-state index in [1.54, 1.807) is 24.3 Å². The predicted octanol–water partition coefficient (Wildman–Crippen LogP) is 3.81. The van der Waals surface area contributed by atoms with Crippen LogP contribution in [0.1, 0.15) is 0 Å². The number of rotatable bonds is 1. The van der Waals surface area contributed by atoms with Crippen LogP contribution in [-0.2, 0) is 6.54 Å². The summed E-state index contributed by atoms with van der Waals surface area (Å²) in [6.07, 6.45) is -4.23. The molecule has 0 aliphatic heterocycles. The van der Waals surface area contributed by atoms with Gasteiger partial charge < -0.3 is 10.3 Å². The number of nitrogens with zero attached hydrogens (tertiary/aromatic N) is 1. The molecule has 1 heterocycles. The van der Waals surface area contributed by atoms with Gasteiger partial charge in [0, 0.05) is 11.1 Å². The molecule has 0 amide bonds. The van der Waals surface area contributed by atoms with Gasteiger partial charge in [0.25, 0.3) is 0 Å². The van der Waals surface area contributed by atoms with Crippen molar-refractivity contribution in [3.8, 4) is 0 Å². The van der Waals surface area contributed by atoms with Gasteiger partial charge in [-0.1, -0.05) is 6.07 Å². The number of nitrogen functional groups attached to an aromatic ring is 1. The molecule has 0 aliphatic carbocycles. The van der Waals surface area contributed by atoms with Gasteiger partial charge in [0.05, 0.1) is 9.22 Å². The monoisotopic (exact) mass is 376 g/mol. The normalized spacial score (nSPS) is 11.5. The summed E-state index contributed by atoms with van der Waals surface area (Å²) in [5.74, 6) is 0. The molecule has 2 rings (SSSR count). The molecule has 0 aliphatic rings. The van der Waals surface area contributed by atoms with Crippen molar-refractivity contribution in [1.82, 2.24) is 4.57 Å². The Hall–Kier alpha value is -0.630. The van der Waals surface area contributed by atoms with E-state index in [1.807, 2.05) is 22.6 Å². The van der Waals surface area contributed by atoms with Crippen LogP contribution in [0.3, 0.4) is 0 Å². The topological polar surface area (TPSA) is 30.9 Å². The van der Waals surface area contributed by atoms with Gasteiger partial charge in [0.1, 0.15) is 6.54 Å². The van der Waals surface area contributed by atoms with Gasteiger partial charge in [-0.05, 0) is 40.8 Å². The average Bonchev–Trinajstić information content (AvgIpc) is 2.44. The Kier molecular flexibility index (Phi) is 4.19. The van der Waals surface area contributed by atoms with E-state index in [0.717, 1.165) is 0 Å². The summed E-state index contributed by atoms with van der Waals surface area (Å²) >= 11 is 1.88. The molecule has 0 saturated heterocycles. The fourth-order valence-corrected chi connectivity index (χ4v) is 2.36. The zero-order chi connectivity index (χ0) is 11.9. The minimum Gasteiger partial charge on any atom is -0.398 e. The Balaban J connectivity index is 0.00000144. The van der Waals surface area contributed by atoms with Crippen LogP contribution in [0.25, 0.3) is 10.9 Å². The lowest BCUT2D eigenvalue weighted by Crippen LogP contribution is -2.18. The molecule has 0 atom stereocenters. The van der Waals surface area contributed by atoms with E-state index in [-0.39, 0.29) is 12.4 Å². The molecule has 0 bridgehead atoms. The van der Waals surface area contributed by atoms with E-state index >= 15 is 0 Å². The maximum Gasteiger partial charge on any atom is 0.406 e. The molecule has 0 saturated carbocycles. The van der Waals surface area contributed by atoms with Crippen molar-refractivity contribution in [2.45, 2.75) is 12.7 Å². The van der Waals surface area contributed by atoms with Crippen LogP contribution in [0.2, 0.25) is 0 Å². The van der Waals surface area contributed by atoms with Gasteiger partial charge >= 0.3 is 6.18 Å². The number of benzene rings is 1. The molecule has 17 heavy (non-hydrogen) atoms. The minimum atomic E-state index is -4.23.